The highest BCUT2D eigenvalue weighted by molar-refractivity contribution is 8.00. The molecule has 1 aliphatic heterocycles. The minimum Gasteiger partial charge on any atom is -0.480 e. The molecule has 0 aliphatic carbocycles. The monoisotopic (exact) mass is 267 g/mol. The lowest BCUT2D eigenvalue weighted by Gasteiger charge is -2.23. The average molecular weight is 267 g/mol. The summed E-state index contributed by atoms with van der Waals surface area (Å²) in [5, 5.41) is 8.93. The van der Waals surface area contributed by atoms with E-state index in [1.165, 1.54) is 35.1 Å². The van der Waals surface area contributed by atoms with Crippen molar-refractivity contribution in [3.8, 4) is 0 Å². The molecule has 96 valence electrons. The molecule has 6 heteroatoms. The lowest BCUT2D eigenvalue weighted by molar-refractivity contribution is -0.147. The van der Waals surface area contributed by atoms with Gasteiger partial charge in [-0.25, -0.2) is 4.79 Å². The summed E-state index contributed by atoms with van der Waals surface area (Å²) < 4.78 is 5.07. The van der Waals surface area contributed by atoms with E-state index in [9.17, 15) is 9.59 Å². The predicted octanol–water partition coefficient (Wildman–Crippen LogP) is 1.67. The normalized spacial score (nSPS) is 23.7. The van der Waals surface area contributed by atoms with Crippen molar-refractivity contribution in [3.05, 3.63) is 30.2 Å². The van der Waals surface area contributed by atoms with Gasteiger partial charge in [0.25, 0.3) is 0 Å². The van der Waals surface area contributed by atoms with Crippen LogP contribution in [-0.2, 0) is 9.59 Å². The Morgan fingerprint density at radius 3 is 3.00 bits per heavy atom. The molecule has 2 rings (SSSR count). The molecule has 1 aromatic heterocycles. The lowest BCUT2D eigenvalue weighted by Crippen LogP contribution is -2.43. The third kappa shape index (κ3) is 2.59. The van der Waals surface area contributed by atoms with Crippen LogP contribution >= 0.6 is 11.8 Å². The summed E-state index contributed by atoms with van der Waals surface area (Å²) in [6, 6.07) is 2.69. The molecule has 0 saturated carbocycles. The van der Waals surface area contributed by atoms with Crippen LogP contribution in [0.25, 0.3) is 6.08 Å². The quantitative estimate of drug-likeness (QED) is 0.843. The summed E-state index contributed by atoms with van der Waals surface area (Å²) >= 11 is 1.46. The van der Waals surface area contributed by atoms with E-state index < -0.39 is 12.0 Å². The summed E-state index contributed by atoms with van der Waals surface area (Å²) in [5.74, 6) is -0.283. The fourth-order valence-electron chi connectivity index (χ4n) is 1.79. The van der Waals surface area contributed by atoms with Gasteiger partial charge in [-0.1, -0.05) is 0 Å². The molecule has 0 spiro atoms. The summed E-state index contributed by atoms with van der Waals surface area (Å²) in [5.41, 5.74) is 0. The molecule has 1 amide bonds. The molecule has 2 unspecified atom stereocenters. The molecule has 18 heavy (non-hydrogen) atoms. The van der Waals surface area contributed by atoms with Gasteiger partial charge in [-0.15, -0.1) is 11.8 Å². The molecule has 0 radical (unpaired) electrons. The van der Waals surface area contributed by atoms with Gasteiger partial charge in [0, 0.05) is 11.8 Å². The van der Waals surface area contributed by atoms with E-state index in [1.54, 1.807) is 12.1 Å². The smallest absolute Gasteiger partial charge is 0.327 e. The molecular weight excluding hydrogens is 254 g/mol. The second-order valence-electron chi connectivity index (χ2n) is 3.88. The molecule has 1 saturated heterocycles. The van der Waals surface area contributed by atoms with Crippen LogP contribution in [0.3, 0.4) is 0 Å². The first kappa shape index (κ1) is 12.8. The Labute approximate surface area is 108 Å². The van der Waals surface area contributed by atoms with E-state index in [1.807, 2.05) is 6.92 Å². The first-order valence-corrected chi connectivity index (χ1v) is 6.53. The Morgan fingerprint density at radius 2 is 2.39 bits per heavy atom. The lowest BCUT2D eigenvalue weighted by atomic mass is 10.2. The fraction of sp³-hybridized carbons (Fsp3) is 0.333. The van der Waals surface area contributed by atoms with E-state index in [0.717, 1.165) is 0 Å². The molecule has 1 N–H and O–H groups in total. The van der Waals surface area contributed by atoms with Crippen LogP contribution < -0.4 is 0 Å². The second-order valence-corrected chi connectivity index (χ2v) is 5.23. The highest BCUT2D eigenvalue weighted by Crippen LogP contribution is 2.29. The first-order valence-electron chi connectivity index (χ1n) is 5.48. The number of carbonyl (C=O) groups excluding carboxylic acids is 1. The number of hydrogen-bond donors (Lipinski definition) is 1. The number of amides is 1. The van der Waals surface area contributed by atoms with Gasteiger partial charge in [-0.05, 0) is 25.1 Å². The number of rotatable bonds is 3. The largest absolute Gasteiger partial charge is 0.480 e. The predicted molar refractivity (Wildman–Crippen MR) is 67.9 cm³/mol. The van der Waals surface area contributed by atoms with Crippen LogP contribution in [0.5, 0.6) is 0 Å². The maximum atomic E-state index is 12.0. The summed E-state index contributed by atoms with van der Waals surface area (Å²) in [4.78, 5) is 24.4. The van der Waals surface area contributed by atoms with Crippen molar-refractivity contribution in [2.75, 3.05) is 5.75 Å². The minimum atomic E-state index is -0.966. The van der Waals surface area contributed by atoms with Crippen molar-refractivity contribution >= 4 is 29.7 Å². The van der Waals surface area contributed by atoms with E-state index in [4.69, 9.17) is 9.52 Å². The SMILES string of the molecule is CC1SCC(C(=O)O)N1C(=O)C=Cc1ccco1. The number of aliphatic carboxylic acids is 1. The van der Waals surface area contributed by atoms with Crippen molar-refractivity contribution < 1.29 is 19.1 Å². The Hall–Kier alpha value is -1.69. The van der Waals surface area contributed by atoms with Crippen molar-refractivity contribution in [3.63, 3.8) is 0 Å². The molecule has 5 nitrogen and oxygen atoms in total. The van der Waals surface area contributed by atoms with Gasteiger partial charge in [0.05, 0.1) is 11.6 Å². The third-order valence-electron chi connectivity index (χ3n) is 2.70. The maximum absolute atomic E-state index is 12.0. The van der Waals surface area contributed by atoms with Gasteiger partial charge < -0.3 is 14.4 Å². The molecule has 0 aromatic carbocycles. The van der Waals surface area contributed by atoms with Gasteiger partial charge in [-0.3, -0.25) is 4.79 Å². The highest BCUT2D eigenvalue weighted by atomic mass is 32.2. The minimum absolute atomic E-state index is 0.125. The van der Waals surface area contributed by atoms with Crippen molar-refractivity contribution in [1.29, 1.82) is 0 Å². The number of hydrogen-bond acceptors (Lipinski definition) is 4. The second kappa shape index (κ2) is 5.30. The van der Waals surface area contributed by atoms with Gasteiger partial charge in [0.1, 0.15) is 11.8 Å². The van der Waals surface area contributed by atoms with Gasteiger partial charge in [-0.2, -0.15) is 0 Å². The molecule has 1 fully saturated rings. The summed E-state index contributed by atoms with van der Waals surface area (Å²) in [6.45, 7) is 1.83. The fourth-order valence-corrected chi connectivity index (χ4v) is 2.97. The number of carbonyl (C=O) groups is 2. The zero-order chi connectivity index (χ0) is 13.1. The first-order chi connectivity index (χ1) is 8.59. The number of carboxylic acids is 1. The zero-order valence-electron chi connectivity index (χ0n) is 9.78. The Kier molecular flexibility index (Phi) is 3.76. The molecule has 0 bridgehead atoms. The van der Waals surface area contributed by atoms with Crippen molar-refractivity contribution in [2.45, 2.75) is 18.3 Å². The highest BCUT2D eigenvalue weighted by Gasteiger charge is 2.38. The molecule has 1 aliphatic rings. The van der Waals surface area contributed by atoms with E-state index in [2.05, 4.69) is 0 Å². The number of thioether (sulfide) groups is 1. The Morgan fingerprint density at radius 1 is 1.61 bits per heavy atom. The molecule has 1 aromatic rings. The van der Waals surface area contributed by atoms with Crippen LogP contribution in [0.1, 0.15) is 12.7 Å². The number of carboxylic acid groups (broad SMARTS) is 1. The molecular formula is C12H13NO4S. The van der Waals surface area contributed by atoms with E-state index in [0.29, 0.717) is 11.5 Å². The van der Waals surface area contributed by atoms with Crippen LogP contribution in [0, 0.1) is 0 Å². The summed E-state index contributed by atoms with van der Waals surface area (Å²) in [6.07, 6.45) is 4.40. The van der Waals surface area contributed by atoms with Gasteiger partial charge in [0.2, 0.25) is 5.91 Å². The maximum Gasteiger partial charge on any atom is 0.327 e. The Bertz CT molecular complexity index is 468. The number of furan rings is 1. The standard InChI is InChI=1S/C12H13NO4S/c1-8-13(10(7-18-8)12(15)16)11(14)5-4-9-3-2-6-17-9/h2-6,8,10H,7H2,1H3,(H,15,16). The topological polar surface area (TPSA) is 70.8 Å². The summed E-state index contributed by atoms with van der Waals surface area (Å²) in [7, 11) is 0. The van der Waals surface area contributed by atoms with Crippen molar-refractivity contribution in [1.82, 2.24) is 4.90 Å². The van der Waals surface area contributed by atoms with Crippen molar-refractivity contribution in [2.24, 2.45) is 0 Å². The van der Waals surface area contributed by atoms with Crippen LogP contribution in [-0.4, -0.2) is 39.1 Å². The van der Waals surface area contributed by atoms with E-state index >= 15 is 0 Å². The van der Waals surface area contributed by atoms with Gasteiger partial charge >= 0.3 is 5.97 Å². The van der Waals surface area contributed by atoms with Crippen LogP contribution in [0.2, 0.25) is 0 Å². The van der Waals surface area contributed by atoms with Crippen LogP contribution in [0.4, 0.5) is 0 Å². The third-order valence-corrected chi connectivity index (χ3v) is 3.91. The van der Waals surface area contributed by atoms with Gasteiger partial charge in [0.15, 0.2) is 0 Å². The molecule has 2 heterocycles. The average Bonchev–Trinajstić information content (AvgIpc) is 2.94. The van der Waals surface area contributed by atoms with E-state index in [-0.39, 0.29) is 11.3 Å². The van der Waals surface area contributed by atoms with Crippen LogP contribution in [0.15, 0.2) is 28.9 Å². The zero-order valence-corrected chi connectivity index (χ0v) is 10.6. The molecule has 2 atom stereocenters. The Balaban J connectivity index is 2.09. The number of nitrogens with zero attached hydrogens (tertiary/aromatic N) is 1.